The summed E-state index contributed by atoms with van der Waals surface area (Å²) >= 11 is 3.26. The number of rotatable bonds is 19. The van der Waals surface area contributed by atoms with Crippen molar-refractivity contribution < 1.29 is 39.3 Å². The molecule has 0 aliphatic heterocycles. The quantitative estimate of drug-likeness (QED) is 0.105. The Labute approximate surface area is 264 Å². The molecular formula is C27H54BrN7O8. The molecule has 43 heavy (non-hydrogen) atoms. The minimum atomic E-state index is -1.03. The Hall–Kier alpha value is -2.37. The van der Waals surface area contributed by atoms with Crippen LogP contribution in [-0.4, -0.2) is 173 Å². The highest BCUT2D eigenvalue weighted by molar-refractivity contribution is 9.10. The van der Waals surface area contributed by atoms with Gasteiger partial charge in [0.25, 0.3) is 0 Å². The molecule has 0 rings (SSSR count). The van der Waals surface area contributed by atoms with Crippen LogP contribution in [0.5, 0.6) is 0 Å². The number of aliphatic hydroxyl groups is 2. The van der Waals surface area contributed by atoms with Gasteiger partial charge in [-0.3, -0.25) is 39.2 Å². The van der Waals surface area contributed by atoms with E-state index in [1.165, 1.54) is 9.80 Å². The fraction of sp³-hybridized carbons (Fsp3) is 0.815. The number of hydrogen-bond donors (Lipinski definition) is 5. The van der Waals surface area contributed by atoms with Gasteiger partial charge in [-0.25, -0.2) is 4.79 Å². The number of urea groups is 1. The number of amides is 5. The Balaban J connectivity index is 0. The summed E-state index contributed by atoms with van der Waals surface area (Å²) in [6.07, 6.45) is 1.23. The van der Waals surface area contributed by atoms with Crippen LogP contribution >= 0.6 is 15.9 Å². The van der Waals surface area contributed by atoms with Gasteiger partial charge in [0.1, 0.15) is 4.32 Å². The average Bonchev–Trinajstić information content (AvgIpc) is 2.94. The van der Waals surface area contributed by atoms with E-state index in [2.05, 4.69) is 15.9 Å². The van der Waals surface area contributed by atoms with Crippen LogP contribution in [0.3, 0.4) is 0 Å². The van der Waals surface area contributed by atoms with E-state index in [1.54, 1.807) is 42.9 Å². The number of alkyl halides is 1. The summed E-state index contributed by atoms with van der Waals surface area (Å²) in [5, 5.41) is 31.3. The standard InChI is InChI=1S/C20H41N5O6.C7H13BrN2O2/c1-7-24(11-18(28)21(3)4)16(14-26)9-23(13-20(30)31)10-17(15-27)25(8-2)12-19(29)22(5)6;1-3-7(8,4-2)5(11)10-6(9)12/h16-17,26-27H,7-15H2,1-6H3,(H,30,31);3-4H2,1-2H3,(H3,9,10,11,12). The first kappa shape index (κ1) is 42.8. The summed E-state index contributed by atoms with van der Waals surface area (Å²) in [7, 11) is 6.62. The third-order valence-electron chi connectivity index (χ3n) is 7.00. The Kier molecular flexibility index (Phi) is 22.1. The smallest absolute Gasteiger partial charge is 0.318 e. The lowest BCUT2D eigenvalue weighted by atomic mass is 10.0. The molecular weight excluding hydrogens is 630 g/mol. The number of imide groups is 1. The molecule has 0 aliphatic rings. The average molecular weight is 685 g/mol. The number of hydrogen-bond acceptors (Lipinski definition) is 10. The van der Waals surface area contributed by atoms with Crippen molar-refractivity contribution in [2.75, 3.05) is 87.2 Å². The predicted octanol–water partition coefficient (Wildman–Crippen LogP) is -0.950. The van der Waals surface area contributed by atoms with Gasteiger partial charge in [0.15, 0.2) is 0 Å². The normalized spacial score (nSPS) is 12.8. The molecule has 252 valence electrons. The van der Waals surface area contributed by atoms with Crippen LogP contribution in [0, 0.1) is 0 Å². The van der Waals surface area contributed by atoms with Crippen molar-refractivity contribution >= 4 is 45.7 Å². The molecule has 0 fully saturated rings. The van der Waals surface area contributed by atoms with Crippen LogP contribution in [0.25, 0.3) is 0 Å². The highest BCUT2D eigenvalue weighted by atomic mass is 79.9. The first-order chi connectivity index (χ1) is 20.0. The number of carbonyl (C=O) groups excluding carboxylic acids is 4. The van der Waals surface area contributed by atoms with Gasteiger partial charge in [-0.05, 0) is 25.9 Å². The minimum absolute atomic E-state index is 0.109. The van der Waals surface area contributed by atoms with Crippen molar-refractivity contribution in [3.63, 3.8) is 0 Å². The number of halogens is 1. The number of nitrogens with one attached hydrogen (secondary N) is 1. The Morgan fingerprint density at radius 1 is 0.767 bits per heavy atom. The van der Waals surface area contributed by atoms with Crippen molar-refractivity contribution in [3.8, 4) is 0 Å². The third-order valence-corrected chi connectivity index (χ3v) is 8.48. The van der Waals surface area contributed by atoms with Gasteiger partial charge in [-0.15, -0.1) is 0 Å². The Morgan fingerprint density at radius 2 is 1.14 bits per heavy atom. The van der Waals surface area contributed by atoms with E-state index in [1.807, 2.05) is 33.0 Å². The van der Waals surface area contributed by atoms with Gasteiger partial charge in [-0.2, -0.15) is 0 Å². The fourth-order valence-corrected chi connectivity index (χ4v) is 4.09. The summed E-state index contributed by atoms with van der Waals surface area (Å²) in [5.74, 6) is -1.64. The molecule has 0 aromatic heterocycles. The van der Waals surface area contributed by atoms with E-state index in [4.69, 9.17) is 5.73 Å². The number of likely N-dealkylation sites (N-methyl/N-ethyl adjacent to an activating group) is 4. The summed E-state index contributed by atoms with van der Waals surface area (Å²) in [5.41, 5.74) is 4.81. The number of carbonyl (C=O) groups is 5. The summed E-state index contributed by atoms with van der Waals surface area (Å²) in [6, 6.07) is -1.72. The van der Waals surface area contributed by atoms with Gasteiger partial charge in [-0.1, -0.05) is 43.6 Å². The zero-order valence-electron chi connectivity index (χ0n) is 27.0. The largest absolute Gasteiger partial charge is 0.480 e. The molecule has 0 aromatic carbocycles. The lowest BCUT2D eigenvalue weighted by Crippen LogP contribution is -2.54. The van der Waals surface area contributed by atoms with E-state index in [9.17, 15) is 39.3 Å². The number of carboxylic acid groups (broad SMARTS) is 1. The zero-order chi connectivity index (χ0) is 33.9. The van der Waals surface area contributed by atoms with Crippen LogP contribution < -0.4 is 11.1 Å². The van der Waals surface area contributed by atoms with Crippen LogP contribution in [0.1, 0.15) is 40.5 Å². The maximum atomic E-state index is 12.1. The summed E-state index contributed by atoms with van der Waals surface area (Å²) < 4.78 is -0.665. The molecule has 15 nitrogen and oxygen atoms in total. The maximum absolute atomic E-state index is 12.1. The third kappa shape index (κ3) is 16.9. The van der Waals surface area contributed by atoms with E-state index in [0.717, 1.165) is 0 Å². The van der Waals surface area contributed by atoms with Crippen molar-refractivity contribution in [2.24, 2.45) is 5.73 Å². The summed E-state index contributed by atoms with van der Waals surface area (Å²) in [6.45, 7) is 8.32. The molecule has 0 saturated carbocycles. The molecule has 0 saturated heterocycles. The predicted molar refractivity (Wildman–Crippen MR) is 168 cm³/mol. The minimum Gasteiger partial charge on any atom is -0.480 e. The van der Waals surface area contributed by atoms with Crippen LogP contribution in [0.2, 0.25) is 0 Å². The van der Waals surface area contributed by atoms with Gasteiger partial charge in [0.2, 0.25) is 17.7 Å². The van der Waals surface area contributed by atoms with Crippen molar-refractivity contribution in [3.05, 3.63) is 0 Å². The molecule has 5 amide bonds. The van der Waals surface area contributed by atoms with E-state index in [-0.39, 0.29) is 63.7 Å². The zero-order valence-corrected chi connectivity index (χ0v) is 28.6. The molecule has 2 atom stereocenters. The molecule has 0 heterocycles. The number of carboxylic acids is 1. The van der Waals surface area contributed by atoms with Crippen molar-refractivity contribution in [2.45, 2.75) is 56.9 Å². The van der Waals surface area contributed by atoms with Gasteiger partial charge in [0.05, 0.1) is 32.8 Å². The fourth-order valence-electron chi connectivity index (χ4n) is 3.99. The first-order valence-electron chi connectivity index (χ1n) is 14.3. The highest BCUT2D eigenvalue weighted by Gasteiger charge is 2.32. The highest BCUT2D eigenvalue weighted by Crippen LogP contribution is 2.26. The second kappa shape index (κ2) is 22.2. The van der Waals surface area contributed by atoms with Gasteiger partial charge < -0.3 is 30.9 Å². The number of aliphatic carboxylic acids is 1. The molecule has 0 aromatic rings. The Bertz CT molecular complexity index is 834. The van der Waals surface area contributed by atoms with E-state index >= 15 is 0 Å². The second-order valence-corrected chi connectivity index (χ2v) is 12.0. The van der Waals surface area contributed by atoms with E-state index < -0.39 is 28.4 Å². The maximum Gasteiger partial charge on any atom is 0.318 e. The lowest BCUT2D eigenvalue weighted by molar-refractivity contribution is -0.139. The Morgan fingerprint density at radius 3 is 1.37 bits per heavy atom. The number of nitrogens with zero attached hydrogens (tertiary/aromatic N) is 5. The topological polar surface area (TPSA) is 200 Å². The molecule has 0 aliphatic carbocycles. The lowest BCUT2D eigenvalue weighted by Gasteiger charge is -2.37. The van der Waals surface area contributed by atoms with Gasteiger partial charge in [0, 0.05) is 53.4 Å². The van der Waals surface area contributed by atoms with Crippen molar-refractivity contribution in [1.29, 1.82) is 0 Å². The summed E-state index contributed by atoms with van der Waals surface area (Å²) in [4.78, 5) is 65.5. The van der Waals surface area contributed by atoms with Gasteiger partial charge >= 0.3 is 12.0 Å². The molecule has 0 radical (unpaired) electrons. The number of primary amides is 1. The molecule has 0 spiro atoms. The number of aliphatic hydroxyl groups excluding tert-OH is 2. The van der Waals surface area contributed by atoms with E-state index in [0.29, 0.717) is 25.9 Å². The van der Waals surface area contributed by atoms with Crippen LogP contribution in [-0.2, 0) is 19.2 Å². The SMILES string of the molecule is CCC(Br)(CC)C(=O)NC(N)=O.CCN(CC(=O)N(C)C)C(CO)CN(CC(=O)O)CC(CO)N(CC)CC(=O)N(C)C. The number of nitrogens with two attached hydrogens (primary N) is 1. The molecule has 2 unspecified atom stereocenters. The van der Waals surface area contributed by atoms with Crippen LogP contribution in [0.15, 0.2) is 0 Å². The first-order valence-corrected chi connectivity index (χ1v) is 15.1. The molecule has 6 N–H and O–H groups in total. The molecule has 16 heteroatoms. The molecule has 0 bridgehead atoms. The second-order valence-electron chi connectivity index (χ2n) is 10.5. The monoisotopic (exact) mass is 683 g/mol. The van der Waals surface area contributed by atoms with Crippen LogP contribution in [0.4, 0.5) is 4.79 Å². The van der Waals surface area contributed by atoms with Crippen molar-refractivity contribution in [1.82, 2.24) is 29.8 Å².